The highest BCUT2D eigenvalue weighted by Gasteiger charge is 2.26. The number of phenolic OH excluding ortho intramolecular Hbond substituents is 2. The maximum Gasteiger partial charge on any atom is 0.326 e. The van der Waals surface area contributed by atoms with Gasteiger partial charge in [-0.1, -0.05) is 24.3 Å². The lowest BCUT2D eigenvalue weighted by Gasteiger charge is -2.21. The van der Waals surface area contributed by atoms with Crippen LogP contribution in [-0.2, 0) is 36.8 Å². The van der Waals surface area contributed by atoms with Crippen LogP contribution in [0.15, 0.2) is 48.5 Å². The number of phenols is 2. The van der Waals surface area contributed by atoms with Gasteiger partial charge < -0.3 is 42.7 Å². The molecule has 0 aliphatic carbocycles. The summed E-state index contributed by atoms with van der Waals surface area (Å²) in [6, 6.07) is 8.25. The van der Waals surface area contributed by atoms with E-state index < -0.39 is 54.3 Å². The molecule has 0 aliphatic heterocycles. The van der Waals surface area contributed by atoms with Gasteiger partial charge in [-0.15, -0.1) is 0 Å². The number of carboxylic acid groups (broad SMARTS) is 1. The largest absolute Gasteiger partial charge is 0.508 e. The molecular weight excluding hydrogens is 498 g/mol. The van der Waals surface area contributed by atoms with E-state index in [-0.39, 0.29) is 37.2 Å². The summed E-state index contributed by atoms with van der Waals surface area (Å²) in [6.45, 7) is -0.597. The van der Waals surface area contributed by atoms with Crippen LogP contribution in [0.5, 0.6) is 11.5 Å². The molecule has 0 fully saturated rings. The van der Waals surface area contributed by atoms with Crippen LogP contribution in [0.4, 0.5) is 0 Å². The van der Waals surface area contributed by atoms with Gasteiger partial charge in [0.05, 0.1) is 12.6 Å². The lowest BCUT2D eigenvalue weighted by Crippen LogP contribution is -2.54. The molecule has 13 heteroatoms. The fourth-order valence-electron chi connectivity index (χ4n) is 3.42. The first-order valence-electron chi connectivity index (χ1n) is 11.6. The van der Waals surface area contributed by atoms with Crippen molar-refractivity contribution in [1.29, 1.82) is 0 Å². The smallest absolute Gasteiger partial charge is 0.326 e. The van der Waals surface area contributed by atoms with Crippen LogP contribution in [0.2, 0.25) is 0 Å². The second-order valence-electron chi connectivity index (χ2n) is 8.59. The minimum Gasteiger partial charge on any atom is -0.508 e. The van der Waals surface area contributed by atoms with Crippen LogP contribution in [-0.4, -0.2) is 69.6 Å². The molecule has 0 saturated heterocycles. The Balaban J connectivity index is 1.95. The van der Waals surface area contributed by atoms with Gasteiger partial charge in [0, 0.05) is 12.8 Å². The summed E-state index contributed by atoms with van der Waals surface area (Å²) >= 11 is 0. The van der Waals surface area contributed by atoms with Crippen LogP contribution in [0, 0.1) is 0 Å². The molecule has 2 rings (SSSR count). The summed E-state index contributed by atoms with van der Waals surface area (Å²) in [4.78, 5) is 60.4. The number of nitrogens with two attached hydrogens (primary N) is 2. The standard InChI is InChI=1S/C25H31N5O8/c26-18(11-14-1-5-16(31)6-2-14)23(35)30-19(9-10-21(27)33)24(36)28-13-22(34)29-20(25(37)38)12-15-3-7-17(32)8-4-15/h1-8,18-20,31-32H,9-13,26H2,(H2,27,33)(H,28,36)(H,29,34)(H,30,35)(H,37,38)/t18-,19-,20-/m0/s1. The SMILES string of the molecule is NC(=O)CC[C@H](NC(=O)[C@@H](N)Cc1ccc(O)cc1)C(=O)NCC(=O)N[C@@H](Cc1ccc(O)cc1)C(=O)O. The van der Waals surface area contributed by atoms with Crippen molar-refractivity contribution < 1.29 is 39.3 Å². The van der Waals surface area contributed by atoms with Gasteiger partial charge >= 0.3 is 5.97 Å². The number of nitrogens with one attached hydrogen (secondary N) is 3. The Morgan fingerprint density at radius 1 is 0.763 bits per heavy atom. The Morgan fingerprint density at radius 2 is 1.29 bits per heavy atom. The fraction of sp³-hybridized carbons (Fsp3) is 0.320. The van der Waals surface area contributed by atoms with Crippen molar-refractivity contribution in [3.05, 3.63) is 59.7 Å². The van der Waals surface area contributed by atoms with Crippen molar-refractivity contribution in [2.45, 2.75) is 43.8 Å². The second-order valence-corrected chi connectivity index (χ2v) is 8.59. The lowest BCUT2D eigenvalue weighted by atomic mass is 10.0. The third-order valence-electron chi connectivity index (χ3n) is 5.47. The Kier molecular flexibility index (Phi) is 11.0. The highest BCUT2D eigenvalue weighted by molar-refractivity contribution is 5.93. The van der Waals surface area contributed by atoms with Gasteiger partial charge in [0.1, 0.15) is 23.6 Å². The van der Waals surface area contributed by atoms with Crippen molar-refractivity contribution in [3.8, 4) is 11.5 Å². The molecule has 10 N–H and O–H groups in total. The molecule has 0 spiro atoms. The molecule has 38 heavy (non-hydrogen) atoms. The number of carbonyl (C=O) groups is 5. The molecule has 204 valence electrons. The van der Waals surface area contributed by atoms with E-state index in [0.717, 1.165) is 0 Å². The second kappa shape index (κ2) is 14.2. The number of carbonyl (C=O) groups excluding carboxylic acids is 4. The number of benzene rings is 2. The molecule has 4 amide bonds. The average molecular weight is 530 g/mol. The molecule has 2 aromatic carbocycles. The predicted molar refractivity (Wildman–Crippen MR) is 135 cm³/mol. The van der Waals surface area contributed by atoms with Gasteiger partial charge in [0.15, 0.2) is 0 Å². The van der Waals surface area contributed by atoms with E-state index in [0.29, 0.717) is 11.1 Å². The summed E-state index contributed by atoms with van der Waals surface area (Å²) in [7, 11) is 0. The summed E-state index contributed by atoms with van der Waals surface area (Å²) in [5, 5.41) is 35.2. The Morgan fingerprint density at radius 3 is 1.79 bits per heavy atom. The molecule has 2 aromatic rings. The summed E-state index contributed by atoms with van der Waals surface area (Å²) < 4.78 is 0. The normalized spacial score (nSPS) is 13.0. The number of aliphatic carboxylic acids is 1. The van der Waals surface area contributed by atoms with E-state index in [1.54, 1.807) is 12.1 Å². The zero-order valence-corrected chi connectivity index (χ0v) is 20.4. The fourth-order valence-corrected chi connectivity index (χ4v) is 3.42. The molecule has 0 unspecified atom stereocenters. The topological polar surface area (TPSA) is 234 Å². The minimum atomic E-state index is -1.30. The zero-order valence-electron chi connectivity index (χ0n) is 20.4. The number of hydrogen-bond donors (Lipinski definition) is 8. The molecule has 0 aromatic heterocycles. The van der Waals surface area contributed by atoms with E-state index >= 15 is 0 Å². The van der Waals surface area contributed by atoms with Crippen molar-refractivity contribution in [3.63, 3.8) is 0 Å². The first kappa shape index (κ1) is 29.6. The number of primary amides is 1. The van der Waals surface area contributed by atoms with Crippen molar-refractivity contribution >= 4 is 29.6 Å². The first-order chi connectivity index (χ1) is 17.9. The molecule has 0 heterocycles. The van der Waals surface area contributed by atoms with Gasteiger partial charge in [-0.05, 0) is 48.2 Å². The van der Waals surface area contributed by atoms with Crippen LogP contribution in [0.25, 0.3) is 0 Å². The van der Waals surface area contributed by atoms with Gasteiger partial charge in [-0.2, -0.15) is 0 Å². The Hall–Kier alpha value is -4.65. The molecule has 13 nitrogen and oxygen atoms in total. The van der Waals surface area contributed by atoms with Crippen LogP contribution < -0.4 is 27.4 Å². The van der Waals surface area contributed by atoms with E-state index in [1.165, 1.54) is 36.4 Å². The highest BCUT2D eigenvalue weighted by atomic mass is 16.4. The van der Waals surface area contributed by atoms with E-state index in [2.05, 4.69) is 16.0 Å². The van der Waals surface area contributed by atoms with E-state index in [9.17, 15) is 39.3 Å². The van der Waals surface area contributed by atoms with Crippen LogP contribution in [0.1, 0.15) is 24.0 Å². The van der Waals surface area contributed by atoms with Crippen LogP contribution in [0.3, 0.4) is 0 Å². The summed E-state index contributed by atoms with van der Waals surface area (Å²) in [6.07, 6.45) is -0.341. The third kappa shape index (κ3) is 10.1. The van der Waals surface area contributed by atoms with E-state index in [4.69, 9.17) is 11.5 Å². The van der Waals surface area contributed by atoms with Gasteiger partial charge in [-0.25, -0.2) is 4.79 Å². The summed E-state index contributed by atoms with van der Waals surface area (Å²) in [5.74, 6) is -4.23. The molecule has 0 bridgehead atoms. The van der Waals surface area contributed by atoms with Crippen molar-refractivity contribution in [2.24, 2.45) is 11.5 Å². The zero-order chi connectivity index (χ0) is 28.2. The third-order valence-corrected chi connectivity index (χ3v) is 5.47. The monoisotopic (exact) mass is 529 g/mol. The first-order valence-corrected chi connectivity index (χ1v) is 11.6. The van der Waals surface area contributed by atoms with Gasteiger partial charge in [-0.3, -0.25) is 19.2 Å². The quantitative estimate of drug-likeness (QED) is 0.144. The number of carboxylic acids is 1. The number of rotatable bonds is 14. The number of aromatic hydroxyl groups is 2. The van der Waals surface area contributed by atoms with E-state index in [1.807, 2.05) is 0 Å². The Bertz CT molecular complexity index is 1140. The van der Waals surface area contributed by atoms with Gasteiger partial charge in [0.25, 0.3) is 0 Å². The maximum atomic E-state index is 12.7. The van der Waals surface area contributed by atoms with Crippen molar-refractivity contribution in [2.75, 3.05) is 6.54 Å². The molecule has 3 atom stereocenters. The lowest BCUT2D eigenvalue weighted by molar-refractivity contribution is -0.141. The molecule has 0 aliphatic rings. The Labute approximate surface area is 218 Å². The molecular formula is C25H31N5O8. The maximum absolute atomic E-state index is 12.7. The molecule has 0 saturated carbocycles. The van der Waals surface area contributed by atoms with Crippen LogP contribution >= 0.6 is 0 Å². The number of hydrogen-bond acceptors (Lipinski definition) is 8. The minimum absolute atomic E-state index is 0.00617. The summed E-state index contributed by atoms with van der Waals surface area (Å²) in [5.41, 5.74) is 12.3. The highest BCUT2D eigenvalue weighted by Crippen LogP contribution is 2.12. The van der Waals surface area contributed by atoms with Crippen molar-refractivity contribution in [1.82, 2.24) is 16.0 Å². The average Bonchev–Trinajstić information content (AvgIpc) is 2.86. The van der Waals surface area contributed by atoms with Gasteiger partial charge in [0.2, 0.25) is 23.6 Å². The number of amides is 4. The predicted octanol–water partition coefficient (Wildman–Crippen LogP) is -1.35. The molecule has 0 radical (unpaired) electrons.